The van der Waals surface area contributed by atoms with Crippen LogP contribution < -0.4 is 15.7 Å². The van der Waals surface area contributed by atoms with E-state index in [1.54, 1.807) is 12.1 Å². The number of nitrogens with one attached hydrogen (secondary N) is 1. The normalized spacial score (nSPS) is 14.0. The van der Waals surface area contributed by atoms with E-state index in [2.05, 4.69) is 5.32 Å². The van der Waals surface area contributed by atoms with E-state index in [1.165, 1.54) is 6.07 Å². The monoisotopic (exact) mass is 372 g/mol. The van der Waals surface area contributed by atoms with E-state index in [1.807, 2.05) is 17.9 Å². The van der Waals surface area contributed by atoms with Crippen molar-refractivity contribution in [1.82, 2.24) is 10.2 Å². The van der Waals surface area contributed by atoms with Gasteiger partial charge in [-0.3, -0.25) is 9.59 Å². The largest absolute Gasteiger partial charge is 0.484 e. The van der Waals surface area contributed by atoms with Gasteiger partial charge in [-0.2, -0.15) is 0 Å². The summed E-state index contributed by atoms with van der Waals surface area (Å²) in [5, 5.41) is 3.65. The zero-order valence-corrected chi connectivity index (χ0v) is 15.5. The predicted octanol–water partition coefficient (Wildman–Crippen LogP) is 1.86. The second kappa shape index (κ2) is 8.70. The molecule has 27 heavy (non-hydrogen) atoms. The molecule has 7 nitrogen and oxygen atoms in total. The van der Waals surface area contributed by atoms with Crippen LogP contribution in [0.3, 0.4) is 0 Å². The van der Waals surface area contributed by atoms with Crippen LogP contribution in [0.25, 0.3) is 11.0 Å². The van der Waals surface area contributed by atoms with Crippen molar-refractivity contribution in [2.75, 3.05) is 26.2 Å². The summed E-state index contributed by atoms with van der Waals surface area (Å²) >= 11 is 0. The fourth-order valence-corrected chi connectivity index (χ4v) is 3.23. The van der Waals surface area contributed by atoms with Gasteiger partial charge in [0.15, 0.2) is 6.61 Å². The van der Waals surface area contributed by atoms with Gasteiger partial charge in [-0.15, -0.1) is 0 Å². The number of carbonyl (C=O) groups excluding carboxylic acids is 2. The fourth-order valence-electron chi connectivity index (χ4n) is 3.23. The molecule has 2 heterocycles. The van der Waals surface area contributed by atoms with Gasteiger partial charge in [-0.25, -0.2) is 4.79 Å². The first-order valence-electron chi connectivity index (χ1n) is 9.31. The van der Waals surface area contributed by atoms with Crippen LogP contribution in [0.5, 0.6) is 5.75 Å². The van der Waals surface area contributed by atoms with Gasteiger partial charge in [-0.05, 0) is 37.0 Å². The van der Waals surface area contributed by atoms with Crippen LogP contribution in [0.4, 0.5) is 0 Å². The molecular weight excluding hydrogens is 348 g/mol. The smallest absolute Gasteiger partial charge is 0.336 e. The number of hydrogen-bond donors (Lipinski definition) is 1. The summed E-state index contributed by atoms with van der Waals surface area (Å²) in [6.07, 6.45) is 3.00. The molecule has 2 amide bonds. The molecule has 1 aliphatic heterocycles. The Kier molecular flexibility index (Phi) is 6.11. The Hall–Kier alpha value is -2.83. The Balaban J connectivity index is 1.47. The van der Waals surface area contributed by atoms with Crippen LogP contribution in [0.2, 0.25) is 0 Å². The van der Waals surface area contributed by atoms with Gasteiger partial charge in [-0.1, -0.05) is 6.92 Å². The number of amides is 2. The topological polar surface area (TPSA) is 88.8 Å². The average molecular weight is 372 g/mol. The number of fused-ring (bicyclic) bond motifs is 1. The van der Waals surface area contributed by atoms with Crippen molar-refractivity contribution >= 4 is 22.8 Å². The average Bonchev–Trinajstić information content (AvgIpc) is 3.07. The van der Waals surface area contributed by atoms with Crippen molar-refractivity contribution in [2.24, 2.45) is 0 Å². The molecule has 1 aliphatic rings. The van der Waals surface area contributed by atoms with E-state index in [0.717, 1.165) is 36.8 Å². The number of hydrogen-bond acceptors (Lipinski definition) is 5. The maximum atomic E-state index is 11.9. The molecule has 1 N–H and O–H groups in total. The second-order valence-corrected chi connectivity index (χ2v) is 6.58. The summed E-state index contributed by atoms with van der Waals surface area (Å²) in [6.45, 7) is 3.84. The number of aryl methyl sites for hydroxylation is 1. The molecule has 144 valence electrons. The first kappa shape index (κ1) is 18.9. The highest BCUT2D eigenvalue weighted by atomic mass is 16.5. The number of nitrogens with zero attached hydrogens (tertiary/aromatic N) is 1. The van der Waals surface area contributed by atoms with E-state index in [0.29, 0.717) is 30.8 Å². The minimum absolute atomic E-state index is 0.119. The number of carbonyl (C=O) groups is 2. The van der Waals surface area contributed by atoms with Crippen LogP contribution in [0.15, 0.2) is 33.5 Å². The van der Waals surface area contributed by atoms with Crippen molar-refractivity contribution in [2.45, 2.75) is 32.6 Å². The Morgan fingerprint density at radius 3 is 2.89 bits per heavy atom. The lowest BCUT2D eigenvalue weighted by Gasteiger charge is -2.15. The van der Waals surface area contributed by atoms with Crippen molar-refractivity contribution in [3.63, 3.8) is 0 Å². The maximum Gasteiger partial charge on any atom is 0.336 e. The van der Waals surface area contributed by atoms with Crippen molar-refractivity contribution in [3.8, 4) is 5.75 Å². The molecule has 0 aliphatic carbocycles. The number of rotatable bonds is 8. The van der Waals surface area contributed by atoms with Gasteiger partial charge in [0.1, 0.15) is 11.3 Å². The summed E-state index contributed by atoms with van der Waals surface area (Å²) in [5.41, 5.74) is 0.972. The lowest BCUT2D eigenvalue weighted by atomic mass is 10.1. The van der Waals surface area contributed by atoms with E-state index in [9.17, 15) is 14.4 Å². The number of ether oxygens (including phenoxy) is 1. The SMILES string of the molecule is CCc1cc(=O)oc2cc(OCC(=O)NCCCN3CCCC3=O)ccc12. The first-order valence-corrected chi connectivity index (χ1v) is 9.31. The summed E-state index contributed by atoms with van der Waals surface area (Å²) in [6, 6.07) is 6.71. The summed E-state index contributed by atoms with van der Waals surface area (Å²) in [5.74, 6) is 0.433. The highest BCUT2D eigenvalue weighted by Gasteiger charge is 2.19. The molecule has 1 fully saturated rings. The standard InChI is InChI=1S/C20H24N2O5/c1-2-14-11-20(25)27-17-12-15(6-7-16(14)17)26-13-18(23)21-8-4-10-22-9-3-5-19(22)24/h6-7,11-12H,2-5,8-10,13H2,1H3,(H,21,23). The van der Waals surface area contributed by atoms with Gasteiger partial charge in [0, 0.05) is 43.6 Å². The number of benzene rings is 1. The van der Waals surface area contributed by atoms with Gasteiger partial charge in [0.05, 0.1) is 0 Å². The molecule has 0 saturated carbocycles. The Bertz CT molecular complexity index is 890. The zero-order valence-electron chi connectivity index (χ0n) is 15.5. The molecule has 0 spiro atoms. The highest BCUT2D eigenvalue weighted by Crippen LogP contribution is 2.23. The van der Waals surface area contributed by atoms with Crippen LogP contribution in [0, 0.1) is 0 Å². The second-order valence-electron chi connectivity index (χ2n) is 6.58. The van der Waals surface area contributed by atoms with Crippen LogP contribution in [-0.2, 0) is 16.0 Å². The molecule has 7 heteroatoms. The van der Waals surface area contributed by atoms with E-state index >= 15 is 0 Å². The minimum atomic E-state index is -0.397. The van der Waals surface area contributed by atoms with Gasteiger partial charge < -0.3 is 19.4 Å². The molecule has 3 rings (SSSR count). The molecule has 1 aromatic heterocycles. The van der Waals surface area contributed by atoms with Crippen molar-refractivity contribution < 1.29 is 18.7 Å². The van der Waals surface area contributed by atoms with Crippen LogP contribution in [0.1, 0.15) is 31.7 Å². The van der Waals surface area contributed by atoms with Gasteiger partial charge in [0.25, 0.3) is 5.91 Å². The number of likely N-dealkylation sites (tertiary alicyclic amines) is 1. The predicted molar refractivity (Wildman–Crippen MR) is 101 cm³/mol. The molecular formula is C20H24N2O5. The molecule has 1 aromatic carbocycles. The molecule has 2 aromatic rings. The van der Waals surface area contributed by atoms with E-state index in [-0.39, 0.29) is 18.4 Å². The maximum absolute atomic E-state index is 11.9. The Labute approximate surface area is 157 Å². The lowest BCUT2D eigenvalue weighted by molar-refractivity contribution is -0.127. The summed E-state index contributed by atoms with van der Waals surface area (Å²) < 4.78 is 10.7. The molecule has 1 saturated heterocycles. The van der Waals surface area contributed by atoms with Gasteiger partial charge in [0.2, 0.25) is 5.91 Å². The molecule has 0 unspecified atom stereocenters. The third-order valence-electron chi connectivity index (χ3n) is 4.65. The Morgan fingerprint density at radius 1 is 1.30 bits per heavy atom. The molecule has 0 bridgehead atoms. The Morgan fingerprint density at radius 2 is 2.15 bits per heavy atom. The molecule has 0 atom stereocenters. The molecule has 0 radical (unpaired) electrons. The lowest BCUT2D eigenvalue weighted by Crippen LogP contribution is -2.33. The van der Waals surface area contributed by atoms with Crippen LogP contribution in [-0.4, -0.2) is 43.0 Å². The third kappa shape index (κ3) is 4.87. The zero-order chi connectivity index (χ0) is 19.2. The van der Waals surface area contributed by atoms with Crippen LogP contribution >= 0.6 is 0 Å². The van der Waals surface area contributed by atoms with Crippen molar-refractivity contribution in [1.29, 1.82) is 0 Å². The van der Waals surface area contributed by atoms with E-state index < -0.39 is 5.63 Å². The summed E-state index contributed by atoms with van der Waals surface area (Å²) in [4.78, 5) is 36.8. The van der Waals surface area contributed by atoms with Gasteiger partial charge >= 0.3 is 5.63 Å². The van der Waals surface area contributed by atoms with E-state index in [4.69, 9.17) is 9.15 Å². The highest BCUT2D eigenvalue weighted by molar-refractivity contribution is 5.82. The fraction of sp³-hybridized carbons (Fsp3) is 0.450. The third-order valence-corrected chi connectivity index (χ3v) is 4.65. The quantitative estimate of drug-likeness (QED) is 0.564. The first-order chi connectivity index (χ1) is 13.1. The van der Waals surface area contributed by atoms with Crippen molar-refractivity contribution in [3.05, 3.63) is 40.2 Å². The minimum Gasteiger partial charge on any atom is -0.484 e. The summed E-state index contributed by atoms with van der Waals surface area (Å²) in [7, 11) is 0.